The number of aromatic nitrogens is 2. The summed E-state index contributed by atoms with van der Waals surface area (Å²) in [5.74, 6) is 0.729. The highest BCUT2D eigenvalue weighted by atomic mass is 19.1. The van der Waals surface area contributed by atoms with E-state index in [2.05, 4.69) is 40.7 Å². The molecule has 210 valence electrons. The number of nitrogens with two attached hydrogens (primary N) is 1. The summed E-state index contributed by atoms with van der Waals surface area (Å²) in [7, 11) is 1.69. The second-order valence-electron chi connectivity index (χ2n) is 10.8. The van der Waals surface area contributed by atoms with E-state index in [0.29, 0.717) is 37.5 Å². The highest BCUT2D eigenvalue weighted by Crippen LogP contribution is 2.37. The summed E-state index contributed by atoms with van der Waals surface area (Å²) in [6, 6.07) is 17.5. The zero-order valence-corrected chi connectivity index (χ0v) is 23.5. The number of halogens is 1. The number of anilines is 1. The molecular formula is C33H39FN4O2. The van der Waals surface area contributed by atoms with Crippen LogP contribution in [0.25, 0.3) is 22.0 Å². The van der Waals surface area contributed by atoms with Gasteiger partial charge >= 0.3 is 0 Å². The van der Waals surface area contributed by atoms with Crippen molar-refractivity contribution in [3.63, 3.8) is 0 Å². The number of carbonyl (C=O) groups excluding carboxylic acids is 1. The van der Waals surface area contributed by atoms with Gasteiger partial charge in [0.2, 0.25) is 5.91 Å². The SMILES string of the molecule is COCCCn1c(C2CCCN(C(=O)CCCc3ccc(-c4ccc(N)nc4)cc3)C2)c(C)c2cccc(F)c21. The number of carbonyl (C=O) groups is 1. The van der Waals surface area contributed by atoms with Gasteiger partial charge in [-0.15, -0.1) is 0 Å². The molecule has 1 atom stereocenters. The number of likely N-dealkylation sites (tertiary alicyclic amines) is 1. The lowest BCUT2D eigenvalue weighted by atomic mass is 9.91. The van der Waals surface area contributed by atoms with Gasteiger partial charge in [-0.1, -0.05) is 36.4 Å². The van der Waals surface area contributed by atoms with E-state index in [0.717, 1.165) is 60.7 Å². The largest absolute Gasteiger partial charge is 0.385 e. The first kappa shape index (κ1) is 27.8. The molecule has 1 amide bonds. The molecule has 40 heavy (non-hydrogen) atoms. The van der Waals surface area contributed by atoms with Gasteiger partial charge in [-0.05, 0) is 73.9 Å². The minimum absolute atomic E-state index is 0.189. The van der Waals surface area contributed by atoms with Gasteiger partial charge in [-0.2, -0.15) is 0 Å². The van der Waals surface area contributed by atoms with Crippen molar-refractivity contribution in [1.82, 2.24) is 14.5 Å². The molecule has 2 N–H and O–H groups in total. The number of benzene rings is 2. The number of nitrogen functional groups attached to an aromatic ring is 1. The fourth-order valence-corrected chi connectivity index (χ4v) is 6.15. The maximum atomic E-state index is 15.0. The van der Waals surface area contributed by atoms with Gasteiger partial charge < -0.3 is 19.9 Å². The van der Waals surface area contributed by atoms with E-state index in [1.807, 2.05) is 17.0 Å². The fourth-order valence-electron chi connectivity index (χ4n) is 6.15. The summed E-state index contributed by atoms with van der Waals surface area (Å²) < 4.78 is 22.4. The van der Waals surface area contributed by atoms with Gasteiger partial charge in [0.15, 0.2) is 0 Å². The number of piperidine rings is 1. The van der Waals surface area contributed by atoms with E-state index in [1.54, 1.807) is 25.4 Å². The average molecular weight is 543 g/mol. The van der Waals surface area contributed by atoms with Crippen molar-refractivity contribution in [3.05, 3.63) is 83.4 Å². The lowest BCUT2D eigenvalue weighted by Crippen LogP contribution is -2.39. The molecule has 7 heteroatoms. The molecule has 4 aromatic rings. The Labute approximate surface area is 236 Å². The first-order chi connectivity index (χ1) is 19.5. The normalized spacial score (nSPS) is 15.6. The molecule has 0 radical (unpaired) electrons. The van der Waals surface area contributed by atoms with Crippen LogP contribution >= 0.6 is 0 Å². The second kappa shape index (κ2) is 12.6. The van der Waals surface area contributed by atoms with E-state index in [9.17, 15) is 9.18 Å². The number of pyridine rings is 1. The highest BCUT2D eigenvalue weighted by molar-refractivity contribution is 5.86. The van der Waals surface area contributed by atoms with Crippen LogP contribution in [-0.4, -0.2) is 47.2 Å². The third-order valence-corrected chi connectivity index (χ3v) is 8.16. The Morgan fingerprint density at radius 2 is 1.90 bits per heavy atom. The lowest BCUT2D eigenvalue weighted by Gasteiger charge is -2.34. The number of hydrogen-bond acceptors (Lipinski definition) is 4. The summed E-state index contributed by atoms with van der Waals surface area (Å²) in [6.07, 6.45) is 6.75. The van der Waals surface area contributed by atoms with E-state index >= 15 is 0 Å². The third-order valence-electron chi connectivity index (χ3n) is 8.16. The molecule has 0 spiro atoms. The van der Waals surface area contributed by atoms with Crippen molar-refractivity contribution in [2.24, 2.45) is 0 Å². The monoisotopic (exact) mass is 542 g/mol. The van der Waals surface area contributed by atoms with E-state index in [4.69, 9.17) is 10.5 Å². The van der Waals surface area contributed by atoms with Crippen molar-refractivity contribution in [2.45, 2.75) is 57.9 Å². The molecule has 1 aliphatic rings. The molecule has 1 unspecified atom stereocenters. The fraction of sp³-hybridized carbons (Fsp3) is 0.394. The number of hydrogen-bond donors (Lipinski definition) is 1. The van der Waals surface area contributed by atoms with Crippen molar-refractivity contribution in [1.29, 1.82) is 0 Å². The van der Waals surface area contributed by atoms with Gasteiger partial charge in [0, 0.05) is 68.5 Å². The molecule has 5 rings (SSSR count). The Hall–Kier alpha value is -3.71. The predicted octanol–water partition coefficient (Wildman–Crippen LogP) is 6.50. The molecule has 2 aromatic heterocycles. The van der Waals surface area contributed by atoms with E-state index in [1.165, 1.54) is 17.3 Å². The Morgan fingerprint density at radius 1 is 1.10 bits per heavy atom. The van der Waals surface area contributed by atoms with Gasteiger partial charge in [0.1, 0.15) is 11.6 Å². The van der Waals surface area contributed by atoms with Crippen LogP contribution in [0.2, 0.25) is 0 Å². The number of nitrogens with zero attached hydrogens (tertiary/aromatic N) is 3. The summed E-state index contributed by atoms with van der Waals surface area (Å²) in [6.45, 7) is 4.90. The molecule has 0 saturated carbocycles. The van der Waals surface area contributed by atoms with Crippen LogP contribution < -0.4 is 5.73 Å². The van der Waals surface area contributed by atoms with Crippen molar-refractivity contribution >= 4 is 22.6 Å². The Bertz CT molecular complexity index is 1450. The molecule has 1 fully saturated rings. The number of methoxy groups -OCH3 is 1. The summed E-state index contributed by atoms with van der Waals surface area (Å²) in [5, 5.41) is 0.967. The van der Waals surface area contributed by atoms with Crippen LogP contribution in [0.3, 0.4) is 0 Å². The third kappa shape index (κ3) is 6.04. The zero-order valence-electron chi connectivity index (χ0n) is 23.5. The minimum atomic E-state index is -0.189. The van der Waals surface area contributed by atoms with Crippen LogP contribution in [0.5, 0.6) is 0 Å². The summed E-state index contributed by atoms with van der Waals surface area (Å²) in [5.41, 5.74) is 12.0. The first-order valence-corrected chi connectivity index (χ1v) is 14.3. The molecule has 0 bridgehead atoms. The number of fused-ring (bicyclic) bond motifs is 1. The van der Waals surface area contributed by atoms with Gasteiger partial charge in [-0.3, -0.25) is 4.79 Å². The average Bonchev–Trinajstić information content (AvgIpc) is 3.26. The number of rotatable bonds is 10. The summed E-state index contributed by atoms with van der Waals surface area (Å²) >= 11 is 0. The Kier molecular flexibility index (Phi) is 8.80. The predicted molar refractivity (Wildman–Crippen MR) is 159 cm³/mol. The number of amides is 1. The molecule has 2 aromatic carbocycles. The Balaban J connectivity index is 1.22. The van der Waals surface area contributed by atoms with E-state index < -0.39 is 0 Å². The van der Waals surface area contributed by atoms with Crippen molar-refractivity contribution < 1.29 is 13.9 Å². The van der Waals surface area contributed by atoms with Crippen LogP contribution in [0.1, 0.15) is 54.8 Å². The molecule has 1 aliphatic heterocycles. The molecule has 3 heterocycles. The van der Waals surface area contributed by atoms with Crippen LogP contribution in [-0.2, 0) is 22.5 Å². The molecule has 1 saturated heterocycles. The van der Waals surface area contributed by atoms with Crippen molar-refractivity contribution in [2.75, 3.05) is 32.5 Å². The van der Waals surface area contributed by atoms with Crippen molar-refractivity contribution in [3.8, 4) is 11.1 Å². The molecule has 6 nitrogen and oxygen atoms in total. The highest BCUT2D eigenvalue weighted by Gasteiger charge is 2.29. The lowest BCUT2D eigenvalue weighted by molar-refractivity contribution is -0.132. The maximum Gasteiger partial charge on any atom is 0.222 e. The standard InChI is InChI=1S/C33H39FN4O2/c1-23-28-9-4-10-29(34)33(28)38(19-6-20-40-2)32(23)27-8-5-18-37(22-27)31(39)11-3-7-24-12-14-25(15-13-24)26-16-17-30(35)36-21-26/h4,9-10,12-17,21,27H,3,5-8,11,18-20,22H2,1-2H3,(H2,35,36). The second-order valence-corrected chi connectivity index (χ2v) is 10.8. The van der Waals surface area contributed by atoms with Crippen LogP contribution in [0.4, 0.5) is 10.2 Å². The Morgan fingerprint density at radius 3 is 2.65 bits per heavy atom. The first-order valence-electron chi connectivity index (χ1n) is 14.3. The summed E-state index contributed by atoms with van der Waals surface area (Å²) in [4.78, 5) is 19.5. The minimum Gasteiger partial charge on any atom is -0.385 e. The number of ether oxygens (including phenoxy) is 1. The quantitative estimate of drug-likeness (QED) is 0.232. The van der Waals surface area contributed by atoms with Gasteiger partial charge in [0.05, 0.1) is 5.52 Å². The van der Waals surface area contributed by atoms with Gasteiger partial charge in [-0.25, -0.2) is 9.37 Å². The number of aryl methyl sites for hydroxylation is 3. The molecular weight excluding hydrogens is 503 g/mol. The van der Waals surface area contributed by atoms with Gasteiger partial charge in [0.25, 0.3) is 0 Å². The number of para-hydroxylation sites is 1. The topological polar surface area (TPSA) is 73.4 Å². The van der Waals surface area contributed by atoms with E-state index in [-0.39, 0.29) is 17.6 Å². The molecule has 0 aliphatic carbocycles. The van der Waals surface area contributed by atoms with Crippen LogP contribution in [0, 0.1) is 12.7 Å². The zero-order chi connectivity index (χ0) is 28.1. The maximum absolute atomic E-state index is 15.0. The smallest absolute Gasteiger partial charge is 0.222 e. The van der Waals surface area contributed by atoms with Crippen LogP contribution in [0.15, 0.2) is 60.8 Å².